The molecule has 1 saturated carbocycles. The minimum atomic E-state index is -0.827. The number of hydrogen-bond donors (Lipinski definition) is 1. The van der Waals surface area contributed by atoms with Crippen molar-refractivity contribution >= 4 is 16.8 Å². The average molecular weight is 296 g/mol. The summed E-state index contributed by atoms with van der Waals surface area (Å²) in [5.74, 6) is -0.0579. The van der Waals surface area contributed by atoms with Gasteiger partial charge in [0.25, 0.3) is 0 Å². The van der Waals surface area contributed by atoms with E-state index in [9.17, 15) is 14.9 Å². The number of carbonyl (C=O) groups excluding carboxylic acids is 1. The van der Waals surface area contributed by atoms with Crippen LogP contribution in [0.3, 0.4) is 0 Å². The summed E-state index contributed by atoms with van der Waals surface area (Å²) in [6.07, 6.45) is 3.13. The summed E-state index contributed by atoms with van der Waals surface area (Å²) in [4.78, 5) is 24.0. The lowest BCUT2D eigenvalue weighted by molar-refractivity contribution is -0.123. The molecule has 112 valence electrons. The highest BCUT2D eigenvalue weighted by molar-refractivity contribution is 5.82. The summed E-state index contributed by atoms with van der Waals surface area (Å²) in [6.45, 7) is 1.73. The predicted molar refractivity (Wildman–Crippen MR) is 80.9 cm³/mol. The number of nitrogens with one attached hydrogen (secondary N) is 1. The molecule has 1 heterocycles. The molecule has 22 heavy (non-hydrogen) atoms. The van der Waals surface area contributed by atoms with Crippen molar-refractivity contribution in [1.82, 2.24) is 15.1 Å². The van der Waals surface area contributed by atoms with Crippen molar-refractivity contribution in [2.45, 2.75) is 31.8 Å². The second-order valence-electron chi connectivity index (χ2n) is 5.82. The molecule has 1 aromatic heterocycles. The van der Waals surface area contributed by atoms with Crippen LogP contribution in [0.4, 0.5) is 0 Å². The van der Waals surface area contributed by atoms with Crippen molar-refractivity contribution in [3.63, 3.8) is 0 Å². The number of fused-ring (bicyclic) bond motifs is 1. The van der Waals surface area contributed by atoms with Gasteiger partial charge in [0.2, 0.25) is 11.3 Å². The van der Waals surface area contributed by atoms with Crippen LogP contribution in [0.5, 0.6) is 0 Å². The quantitative estimate of drug-likeness (QED) is 0.918. The molecular formula is C16H16N4O2. The van der Waals surface area contributed by atoms with Gasteiger partial charge in [-0.25, -0.2) is 0 Å². The zero-order chi connectivity index (χ0) is 15.7. The second-order valence-corrected chi connectivity index (χ2v) is 5.82. The Morgan fingerprint density at radius 3 is 2.91 bits per heavy atom. The van der Waals surface area contributed by atoms with Crippen molar-refractivity contribution in [2.24, 2.45) is 5.92 Å². The van der Waals surface area contributed by atoms with E-state index in [1.54, 1.807) is 31.2 Å². The average Bonchev–Trinajstić information content (AvgIpc) is 3.35. The Kier molecular flexibility index (Phi) is 3.41. The van der Waals surface area contributed by atoms with E-state index >= 15 is 0 Å². The molecule has 1 amide bonds. The Labute approximate surface area is 127 Å². The van der Waals surface area contributed by atoms with Crippen molar-refractivity contribution in [2.75, 3.05) is 0 Å². The van der Waals surface area contributed by atoms with E-state index in [0.29, 0.717) is 10.9 Å². The van der Waals surface area contributed by atoms with Crippen LogP contribution in [0.2, 0.25) is 0 Å². The molecular weight excluding hydrogens is 280 g/mol. The van der Waals surface area contributed by atoms with E-state index in [0.717, 1.165) is 12.8 Å². The third-order valence-electron chi connectivity index (χ3n) is 4.08. The molecule has 0 radical (unpaired) electrons. The fourth-order valence-electron chi connectivity index (χ4n) is 2.63. The van der Waals surface area contributed by atoms with Gasteiger partial charge in [0.15, 0.2) is 0 Å². The smallest absolute Gasteiger partial charge is 0.242 e. The molecule has 0 aliphatic heterocycles. The third-order valence-corrected chi connectivity index (χ3v) is 4.08. The molecule has 6 nitrogen and oxygen atoms in total. The number of benzene rings is 1. The Morgan fingerprint density at radius 2 is 2.23 bits per heavy atom. The number of hydrogen-bond acceptors (Lipinski definition) is 4. The summed E-state index contributed by atoms with van der Waals surface area (Å²) in [5.41, 5.74) is -0.395. The molecule has 1 aliphatic rings. The van der Waals surface area contributed by atoms with E-state index in [1.165, 1.54) is 10.9 Å². The van der Waals surface area contributed by atoms with E-state index in [2.05, 4.69) is 16.5 Å². The van der Waals surface area contributed by atoms with Gasteiger partial charge in [0.1, 0.15) is 12.1 Å². The monoisotopic (exact) mass is 296 g/mol. The minimum Gasteiger partial charge on any atom is -0.336 e. The van der Waals surface area contributed by atoms with Gasteiger partial charge in [0.05, 0.1) is 17.8 Å². The van der Waals surface area contributed by atoms with Crippen molar-refractivity contribution in [3.8, 4) is 6.07 Å². The molecule has 0 bridgehead atoms. The minimum absolute atomic E-state index is 0.0230. The fourth-order valence-corrected chi connectivity index (χ4v) is 2.63. The lowest BCUT2D eigenvalue weighted by Gasteiger charge is -2.23. The highest BCUT2D eigenvalue weighted by atomic mass is 16.2. The van der Waals surface area contributed by atoms with Gasteiger partial charge in [-0.05, 0) is 37.8 Å². The molecule has 3 rings (SSSR count). The topological polar surface area (TPSA) is 87.8 Å². The van der Waals surface area contributed by atoms with E-state index in [4.69, 9.17) is 0 Å². The first-order valence-electron chi connectivity index (χ1n) is 7.20. The SMILES string of the molecule is C[C@@](C#N)(NC(=O)Cn1ncc(=O)c2ccccc21)C1CC1. The largest absolute Gasteiger partial charge is 0.336 e. The number of nitrogens with zero attached hydrogens (tertiary/aromatic N) is 3. The van der Waals surface area contributed by atoms with Crippen LogP contribution in [0.15, 0.2) is 35.3 Å². The van der Waals surface area contributed by atoms with Gasteiger partial charge in [-0.2, -0.15) is 10.4 Å². The Bertz CT molecular complexity index is 832. The maximum Gasteiger partial charge on any atom is 0.242 e. The molecule has 1 N–H and O–H groups in total. The lowest BCUT2D eigenvalue weighted by Crippen LogP contribution is -2.48. The van der Waals surface area contributed by atoms with Gasteiger partial charge in [-0.1, -0.05) is 12.1 Å². The van der Waals surface area contributed by atoms with Crippen molar-refractivity contribution < 1.29 is 4.79 Å². The molecule has 0 saturated heterocycles. The molecule has 1 atom stereocenters. The maximum atomic E-state index is 12.2. The van der Waals surface area contributed by atoms with E-state index < -0.39 is 5.54 Å². The number of para-hydroxylation sites is 1. The van der Waals surface area contributed by atoms with Gasteiger partial charge in [-0.15, -0.1) is 0 Å². The third kappa shape index (κ3) is 2.58. The normalized spacial score (nSPS) is 16.7. The van der Waals surface area contributed by atoms with Gasteiger partial charge in [0, 0.05) is 5.39 Å². The Morgan fingerprint density at radius 1 is 1.50 bits per heavy atom. The number of carbonyl (C=O) groups is 1. The summed E-state index contributed by atoms with van der Waals surface area (Å²) in [5, 5.41) is 16.6. The molecule has 0 spiro atoms. The summed E-state index contributed by atoms with van der Waals surface area (Å²) in [6, 6.07) is 9.21. The standard InChI is InChI=1S/C16H16N4O2/c1-16(10-17,11-6-7-11)19-15(22)9-20-13-5-3-2-4-12(13)14(21)8-18-20/h2-5,8,11H,6-7,9H2,1H3,(H,19,22)/t16-/m0/s1. The highest BCUT2D eigenvalue weighted by Gasteiger charge is 2.43. The van der Waals surface area contributed by atoms with Crippen LogP contribution in [0.25, 0.3) is 10.9 Å². The van der Waals surface area contributed by atoms with Gasteiger partial charge < -0.3 is 5.32 Å². The molecule has 1 aromatic carbocycles. The number of aromatic nitrogens is 2. The second kappa shape index (κ2) is 5.26. The van der Waals surface area contributed by atoms with Crippen LogP contribution in [0.1, 0.15) is 19.8 Å². The molecule has 2 aromatic rings. The summed E-state index contributed by atoms with van der Waals surface area (Å²) < 4.78 is 1.48. The first kappa shape index (κ1) is 14.3. The first-order valence-corrected chi connectivity index (χ1v) is 7.20. The van der Waals surface area contributed by atoms with Crippen molar-refractivity contribution in [3.05, 3.63) is 40.7 Å². The van der Waals surface area contributed by atoms with Crippen LogP contribution in [-0.2, 0) is 11.3 Å². The zero-order valence-electron chi connectivity index (χ0n) is 12.2. The summed E-state index contributed by atoms with van der Waals surface area (Å²) >= 11 is 0. The lowest BCUT2D eigenvalue weighted by atomic mass is 9.98. The number of rotatable bonds is 4. The summed E-state index contributed by atoms with van der Waals surface area (Å²) in [7, 11) is 0. The van der Waals surface area contributed by atoms with Crippen LogP contribution < -0.4 is 10.7 Å². The molecule has 6 heteroatoms. The molecule has 1 aliphatic carbocycles. The zero-order valence-corrected chi connectivity index (χ0v) is 12.2. The van der Waals surface area contributed by atoms with Crippen molar-refractivity contribution in [1.29, 1.82) is 5.26 Å². The Hall–Kier alpha value is -2.68. The fraction of sp³-hybridized carbons (Fsp3) is 0.375. The van der Waals surface area contributed by atoms with Gasteiger partial charge in [-0.3, -0.25) is 14.3 Å². The van der Waals surface area contributed by atoms with Crippen LogP contribution >= 0.6 is 0 Å². The molecule has 0 unspecified atom stereocenters. The molecule has 1 fully saturated rings. The first-order chi connectivity index (χ1) is 10.5. The van der Waals surface area contributed by atoms with Gasteiger partial charge >= 0.3 is 0 Å². The Balaban J connectivity index is 1.85. The van der Waals surface area contributed by atoms with E-state index in [-0.39, 0.29) is 23.8 Å². The van der Waals surface area contributed by atoms with E-state index in [1.807, 2.05) is 0 Å². The highest BCUT2D eigenvalue weighted by Crippen LogP contribution is 2.39. The predicted octanol–water partition coefficient (Wildman–Crippen LogP) is 1.20. The van der Waals surface area contributed by atoms with Crippen LogP contribution in [0, 0.1) is 17.2 Å². The van der Waals surface area contributed by atoms with Crippen LogP contribution in [-0.4, -0.2) is 21.2 Å². The maximum absolute atomic E-state index is 12.2. The number of nitriles is 1. The number of amides is 1.